The molecule has 0 radical (unpaired) electrons. The summed E-state index contributed by atoms with van der Waals surface area (Å²) >= 11 is 0. The van der Waals surface area contributed by atoms with Crippen molar-refractivity contribution in [1.82, 2.24) is 20.2 Å². The summed E-state index contributed by atoms with van der Waals surface area (Å²) in [7, 11) is 1.66. The minimum Gasteiger partial charge on any atom is -0.497 e. The Bertz CT molecular complexity index is 941. The highest BCUT2D eigenvalue weighted by Gasteiger charge is 2.40. The molecule has 2 N–H and O–H groups in total. The number of aromatic amines is 1. The maximum Gasteiger partial charge on any atom is 0.227 e. The summed E-state index contributed by atoms with van der Waals surface area (Å²) in [6.07, 6.45) is 3.15. The van der Waals surface area contributed by atoms with E-state index in [1.807, 2.05) is 36.4 Å². The van der Waals surface area contributed by atoms with E-state index in [0.717, 1.165) is 48.3 Å². The number of rotatable bonds is 5. The molecular weight excluding hydrogens is 344 g/mol. The molecule has 0 spiro atoms. The topological polar surface area (TPSA) is 88.2 Å². The van der Waals surface area contributed by atoms with E-state index in [-0.39, 0.29) is 0 Å². The molecule has 1 aromatic carbocycles. The number of nitrogens with zero attached hydrogens (tertiary/aromatic N) is 4. The van der Waals surface area contributed by atoms with Crippen molar-refractivity contribution in [3.05, 3.63) is 42.6 Å². The predicted molar refractivity (Wildman–Crippen MR) is 101 cm³/mol. The molecule has 0 unspecified atom stereocenters. The van der Waals surface area contributed by atoms with Crippen molar-refractivity contribution in [2.24, 2.45) is 0 Å². The number of nitrogens with one attached hydrogen (secondary N) is 2. The van der Waals surface area contributed by atoms with Crippen LogP contribution in [-0.4, -0.2) is 52.6 Å². The van der Waals surface area contributed by atoms with E-state index in [4.69, 9.17) is 9.47 Å². The Morgan fingerprint density at radius 3 is 2.85 bits per heavy atom. The zero-order chi connectivity index (χ0) is 18.2. The summed E-state index contributed by atoms with van der Waals surface area (Å²) in [5.41, 5.74) is 1.95. The van der Waals surface area contributed by atoms with Crippen LogP contribution < -0.4 is 15.0 Å². The van der Waals surface area contributed by atoms with E-state index in [9.17, 15) is 0 Å². The number of methoxy groups -OCH3 is 1. The number of morpholine rings is 1. The molecule has 2 aromatic heterocycles. The van der Waals surface area contributed by atoms with Crippen LogP contribution in [0.5, 0.6) is 5.75 Å². The van der Waals surface area contributed by atoms with E-state index >= 15 is 0 Å². The molecule has 4 heterocycles. The summed E-state index contributed by atoms with van der Waals surface area (Å²) < 4.78 is 10.9. The van der Waals surface area contributed by atoms with Crippen LogP contribution in [0.3, 0.4) is 0 Å². The molecule has 5 rings (SSSR count). The normalized spacial score (nSPS) is 20.9. The van der Waals surface area contributed by atoms with Gasteiger partial charge in [0.1, 0.15) is 11.6 Å². The summed E-state index contributed by atoms with van der Waals surface area (Å²) in [6.45, 7) is 1.62. The number of hydrogen-bond acceptors (Lipinski definition) is 7. The fourth-order valence-corrected chi connectivity index (χ4v) is 3.64. The molecule has 2 atom stereocenters. The maximum absolute atomic E-state index is 5.65. The molecule has 0 aliphatic carbocycles. The first-order chi connectivity index (χ1) is 13.3. The lowest BCUT2D eigenvalue weighted by molar-refractivity contribution is 0.0986. The van der Waals surface area contributed by atoms with E-state index in [1.165, 1.54) is 0 Å². The highest BCUT2D eigenvalue weighted by Crippen LogP contribution is 2.31. The molecule has 8 nitrogen and oxygen atoms in total. The first kappa shape index (κ1) is 16.1. The SMILES string of the molecule is COc1ccc(-c2cc(Nc3ccnc(N4C[C@@H]5C[C@H]4CO5)n3)n[nH]2)cc1. The Morgan fingerprint density at radius 1 is 1.22 bits per heavy atom. The van der Waals surface area contributed by atoms with Crippen molar-refractivity contribution in [3.63, 3.8) is 0 Å². The van der Waals surface area contributed by atoms with Gasteiger partial charge in [-0.2, -0.15) is 10.1 Å². The van der Waals surface area contributed by atoms with Gasteiger partial charge < -0.3 is 19.7 Å². The second-order valence-corrected chi connectivity index (χ2v) is 6.76. The van der Waals surface area contributed by atoms with Crippen molar-refractivity contribution in [1.29, 1.82) is 0 Å². The first-order valence-electron chi connectivity index (χ1n) is 8.96. The lowest BCUT2D eigenvalue weighted by atomic mass is 10.1. The first-order valence-corrected chi connectivity index (χ1v) is 8.96. The Labute approximate surface area is 156 Å². The standard InChI is InChI=1S/C19H20N6O2/c1-26-14-4-2-12(3-5-14)16-9-18(24-23-16)21-17-6-7-20-19(22-17)25-10-15-8-13(25)11-27-15/h2-7,9,13,15H,8,10-11H2,1H3,(H2,20,21,22,23,24)/t13-,15-/m0/s1. The molecule has 27 heavy (non-hydrogen) atoms. The van der Waals surface area contributed by atoms with Gasteiger partial charge in [-0.05, 0) is 42.3 Å². The van der Waals surface area contributed by atoms with Gasteiger partial charge in [0.25, 0.3) is 0 Å². The monoisotopic (exact) mass is 364 g/mol. The molecular formula is C19H20N6O2. The second-order valence-electron chi connectivity index (χ2n) is 6.76. The van der Waals surface area contributed by atoms with Crippen LogP contribution in [0.1, 0.15) is 6.42 Å². The zero-order valence-electron chi connectivity index (χ0n) is 14.9. The summed E-state index contributed by atoms with van der Waals surface area (Å²) in [4.78, 5) is 11.3. The summed E-state index contributed by atoms with van der Waals surface area (Å²) in [5.74, 6) is 2.99. The number of ether oxygens (including phenoxy) is 2. The number of H-pyrrole nitrogens is 1. The van der Waals surface area contributed by atoms with E-state index < -0.39 is 0 Å². The Hall–Kier alpha value is -3.13. The average molecular weight is 364 g/mol. The number of fused-ring (bicyclic) bond motifs is 2. The van der Waals surface area contributed by atoms with Crippen LogP contribution in [0.15, 0.2) is 42.6 Å². The molecule has 2 aliphatic heterocycles. The summed E-state index contributed by atoms with van der Waals surface area (Å²) in [5, 5.41) is 10.6. The van der Waals surface area contributed by atoms with E-state index in [2.05, 4.69) is 30.4 Å². The van der Waals surface area contributed by atoms with Gasteiger partial charge in [0.05, 0.1) is 31.6 Å². The molecule has 2 saturated heterocycles. The molecule has 0 amide bonds. The molecule has 2 bridgehead atoms. The minimum atomic E-state index is 0.314. The van der Waals surface area contributed by atoms with Gasteiger partial charge in [-0.15, -0.1) is 0 Å². The van der Waals surface area contributed by atoms with Crippen LogP contribution >= 0.6 is 0 Å². The molecule has 138 valence electrons. The average Bonchev–Trinajstić information content (AvgIpc) is 3.45. The molecule has 2 fully saturated rings. The van der Waals surface area contributed by atoms with E-state index in [0.29, 0.717) is 18.0 Å². The molecule has 3 aromatic rings. The number of aromatic nitrogens is 4. The fraction of sp³-hybridized carbons (Fsp3) is 0.316. The van der Waals surface area contributed by atoms with Crippen LogP contribution in [0.25, 0.3) is 11.3 Å². The van der Waals surface area contributed by atoms with Crippen molar-refractivity contribution in [3.8, 4) is 17.0 Å². The van der Waals surface area contributed by atoms with Crippen LogP contribution in [0.2, 0.25) is 0 Å². The van der Waals surface area contributed by atoms with Crippen molar-refractivity contribution >= 4 is 17.6 Å². The van der Waals surface area contributed by atoms with Gasteiger partial charge in [-0.3, -0.25) is 5.10 Å². The smallest absolute Gasteiger partial charge is 0.227 e. The van der Waals surface area contributed by atoms with Crippen LogP contribution in [-0.2, 0) is 4.74 Å². The third-order valence-electron chi connectivity index (χ3n) is 5.04. The van der Waals surface area contributed by atoms with Crippen molar-refractivity contribution < 1.29 is 9.47 Å². The largest absolute Gasteiger partial charge is 0.497 e. The van der Waals surface area contributed by atoms with Gasteiger partial charge in [-0.1, -0.05) is 0 Å². The van der Waals surface area contributed by atoms with Gasteiger partial charge in [-0.25, -0.2) is 4.98 Å². The Morgan fingerprint density at radius 2 is 2.11 bits per heavy atom. The lowest BCUT2D eigenvalue weighted by Gasteiger charge is -2.26. The van der Waals surface area contributed by atoms with Crippen molar-refractivity contribution in [2.75, 3.05) is 30.5 Å². The molecule has 8 heteroatoms. The predicted octanol–water partition coefficient (Wildman–Crippen LogP) is 2.60. The van der Waals surface area contributed by atoms with Gasteiger partial charge in [0.2, 0.25) is 5.95 Å². The van der Waals surface area contributed by atoms with Crippen molar-refractivity contribution in [2.45, 2.75) is 18.6 Å². The Balaban J connectivity index is 1.32. The molecule has 0 saturated carbocycles. The molecule has 2 aliphatic rings. The maximum atomic E-state index is 5.65. The van der Waals surface area contributed by atoms with Gasteiger partial charge >= 0.3 is 0 Å². The third-order valence-corrected chi connectivity index (χ3v) is 5.04. The quantitative estimate of drug-likeness (QED) is 0.719. The fourth-order valence-electron chi connectivity index (χ4n) is 3.64. The van der Waals surface area contributed by atoms with Gasteiger partial charge in [0.15, 0.2) is 5.82 Å². The van der Waals surface area contributed by atoms with Gasteiger partial charge in [0, 0.05) is 18.8 Å². The highest BCUT2D eigenvalue weighted by atomic mass is 16.5. The number of benzene rings is 1. The highest BCUT2D eigenvalue weighted by molar-refractivity contribution is 5.65. The number of anilines is 3. The second kappa shape index (κ2) is 6.55. The van der Waals surface area contributed by atoms with Crippen LogP contribution in [0, 0.1) is 0 Å². The van der Waals surface area contributed by atoms with Crippen LogP contribution in [0.4, 0.5) is 17.6 Å². The lowest BCUT2D eigenvalue weighted by Crippen LogP contribution is -2.38. The Kier molecular flexibility index (Phi) is 3.90. The van der Waals surface area contributed by atoms with E-state index in [1.54, 1.807) is 13.3 Å². The summed E-state index contributed by atoms with van der Waals surface area (Å²) in [6, 6.07) is 12.0. The zero-order valence-corrected chi connectivity index (χ0v) is 14.9. The number of hydrogen-bond donors (Lipinski definition) is 2. The third kappa shape index (κ3) is 3.08. The minimum absolute atomic E-state index is 0.314.